The van der Waals surface area contributed by atoms with Crippen LogP contribution in [0, 0.1) is 5.92 Å². The summed E-state index contributed by atoms with van der Waals surface area (Å²) in [6, 6.07) is 6.56. The summed E-state index contributed by atoms with van der Waals surface area (Å²) in [5.74, 6) is 0.744. The van der Waals surface area contributed by atoms with E-state index in [9.17, 15) is 0 Å². The van der Waals surface area contributed by atoms with Gasteiger partial charge in [0, 0.05) is 5.69 Å². The molecule has 1 aliphatic rings. The highest BCUT2D eigenvalue weighted by Gasteiger charge is 2.06. The predicted molar refractivity (Wildman–Crippen MR) is 84.2 cm³/mol. The van der Waals surface area contributed by atoms with Crippen molar-refractivity contribution in [3.8, 4) is 0 Å². The standard InChI is InChI=1S/C18H25N/c1-2-7-17-14-16(12-13-18(17)19)11-6-10-15-8-4-3-5-9-15/h3-5,8,12-15H,2,6-7,9-11,19H2,1H3. The fraction of sp³-hybridized carbons (Fsp3) is 0.444. The maximum Gasteiger partial charge on any atom is 0.0346 e. The Morgan fingerprint density at radius 3 is 2.84 bits per heavy atom. The molecule has 2 rings (SSSR count). The summed E-state index contributed by atoms with van der Waals surface area (Å²) >= 11 is 0. The van der Waals surface area contributed by atoms with Gasteiger partial charge in [-0.15, -0.1) is 0 Å². The number of benzene rings is 1. The molecule has 0 heterocycles. The summed E-state index contributed by atoms with van der Waals surface area (Å²) in [6.45, 7) is 2.20. The van der Waals surface area contributed by atoms with E-state index in [2.05, 4.69) is 49.4 Å². The topological polar surface area (TPSA) is 26.0 Å². The Kier molecular flexibility index (Phi) is 5.26. The third-order valence-electron chi connectivity index (χ3n) is 3.84. The molecule has 0 aromatic heterocycles. The van der Waals surface area contributed by atoms with Crippen LogP contribution in [0.25, 0.3) is 0 Å². The third kappa shape index (κ3) is 4.27. The van der Waals surface area contributed by atoms with Gasteiger partial charge in [-0.2, -0.15) is 0 Å². The van der Waals surface area contributed by atoms with Crippen molar-refractivity contribution in [1.82, 2.24) is 0 Å². The number of nitrogens with two attached hydrogens (primary N) is 1. The number of anilines is 1. The largest absolute Gasteiger partial charge is 0.399 e. The Morgan fingerprint density at radius 2 is 2.11 bits per heavy atom. The molecule has 102 valence electrons. The van der Waals surface area contributed by atoms with Gasteiger partial charge < -0.3 is 5.73 Å². The number of nitrogen functional groups attached to an aromatic ring is 1. The van der Waals surface area contributed by atoms with E-state index in [1.54, 1.807) is 0 Å². The van der Waals surface area contributed by atoms with Crippen molar-refractivity contribution >= 4 is 5.69 Å². The van der Waals surface area contributed by atoms with E-state index in [1.807, 2.05) is 0 Å². The summed E-state index contributed by atoms with van der Waals surface area (Å²) in [5, 5.41) is 0. The van der Waals surface area contributed by atoms with E-state index in [0.717, 1.165) is 24.4 Å². The molecule has 1 atom stereocenters. The zero-order valence-electron chi connectivity index (χ0n) is 11.9. The van der Waals surface area contributed by atoms with Gasteiger partial charge in [0.15, 0.2) is 0 Å². The van der Waals surface area contributed by atoms with Crippen molar-refractivity contribution in [2.24, 2.45) is 5.92 Å². The Balaban J connectivity index is 1.83. The quantitative estimate of drug-likeness (QED) is 0.734. The minimum Gasteiger partial charge on any atom is -0.399 e. The number of hydrogen-bond acceptors (Lipinski definition) is 1. The lowest BCUT2D eigenvalue weighted by Crippen LogP contribution is -2.00. The van der Waals surface area contributed by atoms with E-state index in [1.165, 1.54) is 36.8 Å². The molecule has 0 saturated heterocycles. The zero-order valence-corrected chi connectivity index (χ0v) is 11.9. The number of rotatable bonds is 6. The van der Waals surface area contributed by atoms with Crippen LogP contribution in [-0.2, 0) is 12.8 Å². The Labute approximate surface area is 117 Å². The summed E-state index contributed by atoms with van der Waals surface area (Å²) in [5.41, 5.74) is 9.71. The zero-order chi connectivity index (χ0) is 13.5. The number of aryl methyl sites for hydroxylation is 2. The average Bonchev–Trinajstić information content (AvgIpc) is 2.44. The van der Waals surface area contributed by atoms with Crippen molar-refractivity contribution in [1.29, 1.82) is 0 Å². The van der Waals surface area contributed by atoms with Gasteiger partial charge in [-0.05, 0) is 55.2 Å². The van der Waals surface area contributed by atoms with Gasteiger partial charge in [-0.1, -0.05) is 49.8 Å². The predicted octanol–water partition coefficient (Wildman–Crippen LogP) is 4.68. The number of hydrogen-bond donors (Lipinski definition) is 1. The average molecular weight is 255 g/mol. The maximum absolute atomic E-state index is 6.00. The lowest BCUT2D eigenvalue weighted by atomic mass is 9.93. The van der Waals surface area contributed by atoms with Gasteiger partial charge in [0.25, 0.3) is 0 Å². The summed E-state index contributed by atoms with van der Waals surface area (Å²) < 4.78 is 0. The van der Waals surface area contributed by atoms with Crippen LogP contribution in [0.15, 0.2) is 42.5 Å². The van der Waals surface area contributed by atoms with E-state index in [-0.39, 0.29) is 0 Å². The molecule has 1 nitrogen and oxygen atoms in total. The molecule has 0 spiro atoms. The number of allylic oxidation sites excluding steroid dienone is 4. The van der Waals surface area contributed by atoms with E-state index in [4.69, 9.17) is 5.73 Å². The first-order valence-corrected chi connectivity index (χ1v) is 7.50. The molecular weight excluding hydrogens is 230 g/mol. The molecule has 0 saturated carbocycles. The molecule has 1 aliphatic carbocycles. The van der Waals surface area contributed by atoms with Crippen molar-refractivity contribution < 1.29 is 0 Å². The second-order valence-corrected chi connectivity index (χ2v) is 5.48. The first-order chi connectivity index (χ1) is 9.29. The second-order valence-electron chi connectivity index (χ2n) is 5.48. The van der Waals surface area contributed by atoms with Gasteiger partial charge in [-0.25, -0.2) is 0 Å². The van der Waals surface area contributed by atoms with Crippen LogP contribution in [0.4, 0.5) is 5.69 Å². The van der Waals surface area contributed by atoms with Crippen LogP contribution in [-0.4, -0.2) is 0 Å². The van der Waals surface area contributed by atoms with Crippen LogP contribution >= 0.6 is 0 Å². The minimum absolute atomic E-state index is 0.744. The molecule has 2 N–H and O–H groups in total. The van der Waals surface area contributed by atoms with E-state index in [0.29, 0.717) is 0 Å². The van der Waals surface area contributed by atoms with Crippen LogP contribution in [0.2, 0.25) is 0 Å². The first-order valence-electron chi connectivity index (χ1n) is 7.50. The van der Waals surface area contributed by atoms with Crippen LogP contribution < -0.4 is 5.73 Å². The molecule has 1 unspecified atom stereocenters. The Morgan fingerprint density at radius 1 is 1.21 bits per heavy atom. The van der Waals surface area contributed by atoms with Crippen molar-refractivity contribution in [3.05, 3.63) is 53.6 Å². The van der Waals surface area contributed by atoms with Crippen molar-refractivity contribution in [3.63, 3.8) is 0 Å². The fourth-order valence-corrected chi connectivity index (χ4v) is 2.71. The normalized spacial score (nSPS) is 17.8. The molecule has 1 aromatic rings. The summed E-state index contributed by atoms with van der Waals surface area (Å²) in [7, 11) is 0. The lowest BCUT2D eigenvalue weighted by Gasteiger charge is -2.13. The Bertz CT molecular complexity index is 457. The van der Waals surface area contributed by atoms with E-state index >= 15 is 0 Å². The van der Waals surface area contributed by atoms with Crippen molar-refractivity contribution in [2.45, 2.75) is 45.4 Å². The maximum atomic E-state index is 6.00. The highest BCUT2D eigenvalue weighted by Crippen LogP contribution is 2.21. The molecule has 19 heavy (non-hydrogen) atoms. The van der Waals surface area contributed by atoms with Crippen LogP contribution in [0.5, 0.6) is 0 Å². The first kappa shape index (κ1) is 13.9. The summed E-state index contributed by atoms with van der Waals surface area (Å²) in [6.07, 6.45) is 16.1. The Hall–Kier alpha value is -1.50. The van der Waals surface area contributed by atoms with Gasteiger partial charge in [0.05, 0.1) is 0 Å². The molecule has 0 amide bonds. The monoisotopic (exact) mass is 255 g/mol. The summed E-state index contributed by atoms with van der Waals surface area (Å²) in [4.78, 5) is 0. The SMILES string of the molecule is CCCc1cc(CCCC2C=CC=CC2)ccc1N. The van der Waals surface area contributed by atoms with Gasteiger partial charge in [-0.3, -0.25) is 0 Å². The molecule has 0 fully saturated rings. The van der Waals surface area contributed by atoms with E-state index < -0.39 is 0 Å². The second kappa shape index (κ2) is 7.18. The van der Waals surface area contributed by atoms with Crippen LogP contribution in [0.1, 0.15) is 43.7 Å². The molecule has 0 bridgehead atoms. The fourth-order valence-electron chi connectivity index (χ4n) is 2.71. The lowest BCUT2D eigenvalue weighted by molar-refractivity contribution is 0.563. The molecule has 1 aromatic carbocycles. The van der Waals surface area contributed by atoms with Gasteiger partial charge >= 0.3 is 0 Å². The molecular formula is C18H25N. The van der Waals surface area contributed by atoms with Gasteiger partial charge in [0.1, 0.15) is 0 Å². The van der Waals surface area contributed by atoms with Crippen molar-refractivity contribution in [2.75, 3.05) is 5.73 Å². The molecule has 0 radical (unpaired) electrons. The minimum atomic E-state index is 0.744. The molecule has 1 heteroatoms. The van der Waals surface area contributed by atoms with Crippen LogP contribution in [0.3, 0.4) is 0 Å². The van der Waals surface area contributed by atoms with Gasteiger partial charge in [0.2, 0.25) is 0 Å². The smallest absolute Gasteiger partial charge is 0.0346 e. The third-order valence-corrected chi connectivity index (χ3v) is 3.84. The highest BCUT2D eigenvalue weighted by atomic mass is 14.6. The molecule has 0 aliphatic heterocycles. The highest BCUT2D eigenvalue weighted by molar-refractivity contribution is 5.48.